The number of benzene rings is 1. The van der Waals surface area contributed by atoms with Crippen molar-refractivity contribution in [3.63, 3.8) is 0 Å². The number of hydrogen-bond acceptors (Lipinski definition) is 0. The SMILES string of the molecule is C=ICCc1c(C)[nH]c2ccccc12. The summed E-state index contributed by atoms with van der Waals surface area (Å²) in [6.45, 7) is 2.16. The first-order chi connectivity index (χ1) is 6.83. The molecule has 2 aromatic rings. The molecule has 0 saturated heterocycles. The highest BCUT2D eigenvalue weighted by Crippen LogP contribution is 2.22. The van der Waals surface area contributed by atoms with Crippen LogP contribution in [0, 0.1) is 6.92 Å². The molecular formula is C12H14IN. The number of fused-ring (bicyclic) bond motifs is 1. The van der Waals surface area contributed by atoms with Crippen LogP contribution in [0.25, 0.3) is 10.9 Å². The van der Waals surface area contributed by atoms with Crippen molar-refractivity contribution in [2.75, 3.05) is 4.43 Å². The Bertz CT molecular complexity index is 456. The molecule has 2 heteroatoms. The Kier molecular flexibility index (Phi) is 3.01. The third kappa shape index (κ3) is 1.75. The molecule has 14 heavy (non-hydrogen) atoms. The van der Waals surface area contributed by atoms with Gasteiger partial charge in [-0.05, 0) is 29.4 Å². The van der Waals surface area contributed by atoms with Crippen molar-refractivity contribution < 1.29 is 0 Å². The van der Waals surface area contributed by atoms with Gasteiger partial charge in [0.05, 0.1) is 0 Å². The zero-order chi connectivity index (χ0) is 9.97. The average molecular weight is 299 g/mol. The van der Waals surface area contributed by atoms with Crippen molar-refractivity contribution in [3.8, 4) is 0 Å². The molecule has 74 valence electrons. The normalized spacial score (nSPS) is 10.9. The topological polar surface area (TPSA) is 15.8 Å². The molecule has 1 aromatic carbocycles. The van der Waals surface area contributed by atoms with Gasteiger partial charge in [0.2, 0.25) is 0 Å². The lowest BCUT2D eigenvalue weighted by Gasteiger charge is -1.97. The first-order valence-corrected chi connectivity index (χ1v) is 7.77. The molecule has 0 aliphatic heterocycles. The first kappa shape index (κ1) is 9.90. The van der Waals surface area contributed by atoms with Gasteiger partial charge >= 0.3 is 0 Å². The number of hydrogen-bond donors (Lipinski definition) is 1. The number of alkyl halides is 1. The standard InChI is InChI=1S/C12H14IN/c1-9-10(7-8-13-2)11-5-3-4-6-12(11)14-9/h3-6,14H,2,7-8H2,1H3. The van der Waals surface area contributed by atoms with Crippen LogP contribution in [-0.4, -0.2) is 13.9 Å². The summed E-state index contributed by atoms with van der Waals surface area (Å²) in [5.74, 6) is 0. The second-order valence-corrected chi connectivity index (χ2v) is 5.56. The number of H-pyrrole nitrogens is 1. The van der Waals surface area contributed by atoms with E-state index >= 15 is 0 Å². The van der Waals surface area contributed by atoms with Crippen LogP contribution < -0.4 is 0 Å². The monoisotopic (exact) mass is 299 g/mol. The van der Waals surface area contributed by atoms with E-state index in [9.17, 15) is 0 Å². The summed E-state index contributed by atoms with van der Waals surface area (Å²) < 4.78 is 5.27. The number of para-hydroxylation sites is 1. The van der Waals surface area contributed by atoms with Crippen molar-refractivity contribution in [1.82, 2.24) is 4.98 Å². The minimum Gasteiger partial charge on any atom is -0.358 e. The summed E-state index contributed by atoms with van der Waals surface area (Å²) in [5, 5.41) is 1.39. The molecule has 0 amide bonds. The van der Waals surface area contributed by atoms with Crippen LogP contribution in [0.2, 0.25) is 0 Å². The molecule has 0 aliphatic carbocycles. The van der Waals surface area contributed by atoms with Gasteiger partial charge in [0.1, 0.15) is 0 Å². The molecule has 0 radical (unpaired) electrons. The van der Waals surface area contributed by atoms with Gasteiger partial charge in [-0.3, -0.25) is 0 Å². The predicted octanol–water partition coefficient (Wildman–Crippen LogP) is 3.42. The second-order valence-electron chi connectivity index (χ2n) is 3.40. The highest BCUT2D eigenvalue weighted by molar-refractivity contribution is 14.2. The van der Waals surface area contributed by atoms with Crippen LogP contribution in [0.15, 0.2) is 24.3 Å². The summed E-state index contributed by atoms with van der Waals surface area (Å²) in [4.78, 5) is 3.43. The van der Waals surface area contributed by atoms with E-state index in [1.54, 1.807) is 0 Å². The van der Waals surface area contributed by atoms with Gasteiger partial charge in [0.25, 0.3) is 0 Å². The van der Waals surface area contributed by atoms with E-state index in [2.05, 4.69) is 40.7 Å². The smallest absolute Gasteiger partial charge is 0.0458 e. The summed E-state index contributed by atoms with van der Waals surface area (Å²) in [6.07, 6.45) is 1.19. The minimum absolute atomic E-state index is 0.168. The van der Waals surface area contributed by atoms with Gasteiger partial charge in [0, 0.05) is 16.6 Å². The molecular weight excluding hydrogens is 285 g/mol. The van der Waals surface area contributed by atoms with Crippen LogP contribution in [0.4, 0.5) is 0 Å². The fourth-order valence-electron chi connectivity index (χ4n) is 1.82. The highest BCUT2D eigenvalue weighted by Gasteiger charge is 2.05. The van der Waals surface area contributed by atoms with E-state index in [1.165, 1.54) is 33.0 Å². The lowest BCUT2D eigenvalue weighted by atomic mass is 10.1. The number of aromatic nitrogens is 1. The number of halogens is 1. The summed E-state index contributed by atoms with van der Waals surface area (Å²) in [7, 11) is 0. The van der Waals surface area contributed by atoms with E-state index < -0.39 is 0 Å². The molecule has 0 aliphatic rings. The first-order valence-electron chi connectivity index (χ1n) is 4.72. The predicted molar refractivity (Wildman–Crippen MR) is 72.7 cm³/mol. The highest BCUT2D eigenvalue weighted by atomic mass is 127. The Balaban J connectivity index is 2.50. The summed E-state index contributed by atoms with van der Waals surface area (Å²) in [6, 6.07) is 8.54. The molecule has 2 rings (SSSR count). The molecule has 1 nitrogen and oxygen atoms in total. The Morgan fingerprint density at radius 3 is 2.93 bits per heavy atom. The van der Waals surface area contributed by atoms with Crippen LogP contribution in [-0.2, 0) is 6.42 Å². The average Bonchev–Trinajstić information content (AvgIpc) is 2.51. The van der Waals surface area contributed by atoms with Crippen molar-refractivity contribution >= 4 is 36.1 Å². The van der Waals surface area contributed by atoms with E-state index in [0.717, 1.165) is 0 Å². The zero-order valence-corrected chi connectivity index (χ0v) is 10.5. The molecule has 0 fully saturated rings. The number of aryl methyl sites for hydroxylation is 2. The molecule has 1 N–H and O–H groups in total. The maximum atomic E-state index is 3.99. The molecule has 1 heterocycles. The fourth-order valence-corrected chi connectivity index (χ4v) is 2.74. The molecule has 0 saturated carbocycles. The fraction of sp³-hybridized carbons (Fsp3) is 0.250. The van der Waals surface area contributed by atoms with E-state index in [-0.39, 0.29) is 20.7 Å². The van der Waals surface area contributed by atoms with Crippen LogP contribution in [0.5, 0.6) is 0 Å². The Morgan fingerprint density at radius 1 is 1.36 bits per heavy atom. The van der Waals surface area contributed by atoms with Crippen molar-refractivity contribution in [2.24, 2.45) is 0 Å². The molecule has 1 aromatic heterocycles. The lowest BCUT2D eigenvalue weighted by Crippen LogP contribution is -1.87. The third-order valence-electron chi connectivity index (χ3n) is 2.51. The van der Waals surface area contributed by atoms with Crippen LogP contribution in [0.1, 0.15) is 11.3 Å². The van der Waals surface area contributed by atoms with Gasteiger partial charge < -0.3 is 4.98 Å². The second kappa shape index (κ2) is 4.26. The minimum atomic E-state index is 0.168. The maximum Gasteiger partial charge on any atom is 0.0458 e. The molecule has 0 unspecified atom stereocenters. The Hall–Kier alpha value is -0.640. The zero-order valence-electron chi connectivity index (χ0n) is 8.31. The van der Waals surface area contributed by atoms with Crippen molar-refractivity contribution in [3.05, 3.63) is 35.5 Å². The van der Waals surface area contributed by atoms with Gasteiger partial charge in [-0.2, -0.15) is 0 Å². The van der Waals surface area contributed by atoms with Gasteiger partial charge in [-0.15, -0.1) is 20.7 Å². The quantitative estimate of drug-likeness (QED) is 0.660. The molecule has 0 atom stereocenters. The number of aromatic amines is 1. The van der Waals surface area contributed by atoms with Gasteiger partial charge in [-0.25, -0.2) is 0 Å². The van der Waals surface area contributed by atoms with E-state index in [0.29, 0.717) is 0 Å². The largest absolute Gasteiger partial charge is 0.358 e. The van der Waals surface area contributed by atoms with Gasteiger partial charge in [0.15, 0.2) is 0 Å². The van der Waals surface area contributed by atoms with E-state index in [4.69, 9.17) is 0 Å². The Labute approximate surface area is 94.3 Å². The third-order valence-corrected chi connectivity index (χ3v) is 3.81. The van der Waals surface area contributed by atoms with E-state index in [1.807, 2.05) is 0 Å². The summed E-state index contributed by atoms with van der Waals surface area (Å²) >= 11 is 0.168. The van der Waals surface area contributed by atoms with Crippen molar-refractivity contribution in [2.45, 2.75) is 13.3 Å². The van der Waals surface area contributed by atoms with Crippen molar-refractivity contribution in [1.29, 1.82) is 0 Å². The molecule has 0 spiro atoms. The number of nitrogens with one attached hydrogen (secondary N) is 1. The van der Waals surface area contributed by atoms with Crippen LogP contribution >= 0.6 is 20.7 Å². The van der Waals surface area contributed by atoms with Crippen LogP contribution in [0.3, 0.4) is 0 Å². The number of rotatable bonds is 3. The van der Waals surface area contributed by atoms with Gasteiger partial charge in [-0.1, -0.05) is 22.7 Å². The molecule has 0 bridgehead atoms. The Morgan fingerprint density at radius 2 is 2.14 bits per heavy atom. The lowest BCUT2D eigenvalue weighted by molar-refractivity contribution is 1.14. The summed E-state index contributed by atoms with van der Waals surface area (Å²) in [5.41, 5.74) is 4.08. The maximum absolute atomic E-state index is 3.99.